The maximum Gasteiger partial charge on any atom is 0.417 e. The first kappa shape index (κ1) is 31.3. The lowest BCUT2D eigenvalue weighted by atomic mass is 10.1. The molecular formula is C24H30ClF3N4O5S2. The Balaban J connectivity index is 0.00000420. The molecule has 0 unspecified atom stereocenters. The molecule has 1 amide bonds. The molecule has 2 aliphatic heterocycles. The zero-order valence-electron chi connectivity index (χ0n) is 20.9. The van der Waals surface area contributed by atoms with Gasteiger partial charge in [0, 0.05) is 45.3 Å². The molecule has 2 aromatic rings. The van der Waals surface area contributed by atoms with Gasteiger partial charge in [0.2, 0.25) is 25.8 Å². The summed E-state index contributed by atoms with van der Waals surface area (Å²) >= 11 is 0. The van der Waals surface area contributed by atoms with Gasteiger partial charge < -0.3 is 10.2 Å². The molecule has 0 saturated carbocycles. The van der Waals surface area contributed by atoms with Crippen LogP contribution in [0, 0.1) is 0 Å². The van der Waals surface area contributed by atoms with Gasteiger partial charge in [0.25, 0.3) is 0 Å². The van der Waals surface area contributed by atoms with Crippen molar-refractivity contribution < 1.29 is 34.8 Å². The molecule has 0 aliphatic carbocycles. The SMILES string of the molecule is Cl.O=C(CN1CCNCC1)N1CCC(NS(=O)(=O)c2cc(S(=O)(=O)c3ccccc3)ccc2C(F)(F)F)CC1. The van der Waals surface area contributed by atoms with Gasteiger partial charge in [-0.25, -0.2) is 21.6 Å². The van der Waals surface area contributed by atoms with Crippen LogP contribution in [0.15, 0.2) is 63.2 Å². The molecule has 2 aromatic carbocycles. The number of piperidine rings is 1. The summed E-state index contributed by atoms with van der Waals surface area (Å²) in [6.45, 7) is 3.87. The number of carbonyl (C=O) groups excluding carboxylic acids is 1. The average molecular weight is 611 g/mol. The van der Waals surface area contributed by atoms with Gasteiger partial charge in [0.15, 0.2) is 0 Å². The van der Waals surface area contributed by atoms with Gasteiger partial charge >= 0.3 is 6.18 Å². The van der Waals surface area contributed by atoms with Crippen molar-refractivity contribution >= 4 is 38.2 Å². The molecule has 15 heteroatoms. The van der Waals surface area contributed by atoms with Crippen molar-refractivity contribution in [2.24, 2.45) is 0 Å². The van der Waals surface area contributed by atoms with Gasteiger partial charge in [-0.2, -0.15) is 13.2 Å². The van der Waals surface area contributed by atoms with E-state index in [-0.39, 0.29) is 55.7 Å². The van der Waals surface area contributed by atoms with E-state index in [0.717, 1.165) is 32.2 Å². The molecule has 9 nitrogen and oxygen atoms in total. The number of rotatable bonds is 7. The maximum atomic E-state index is 13.7. The van der Waals surface area contributed by atoms with E-state index in [1.54, 1.807) is 11.0 Å². The molecule has 2 saturated heterocycles. The summed E-state index contributed by atoms with van der Waals surface area (Å²) in [5, 5.41) is 3.21. The van der Waals surface area contributed by atoms with Crippen molar-refractivity contribution in [3.8, 4) is 0 Å². The third kappa shape index (κ3) is 7.50. The van der Waals surface area contributed by atoms with E-state index in [1.807, 2.05) is 4.90 Å². The van der Waals surface area contributed by atoms with Gasteiger partial charge in [-0.05, 0) is 43.2 Å². The molecule has 2 fully saturated rings. The number of nitrogens with one attached hydrogen (secondary N) is 2. The van der Waals surface area contributed by atoms with Gasteiger partial charge in [0.1, 0.15) is 0 Å². The molecule has 0 spiro atoms. The summed E-state index contributed by atoms with van der Waals surface area (Å²) in [5.74, 6) is -0.0774. The van der Waals surface area contributed by atoms with Crippen LogP contribution in [-0.2, 0) is 30.8 Å². The Labute approximate surface area is 232 Å². The number of sulfonamides is 1. The second-order valence-electron chi connectivity index (χ2n) is 9.27. The van der Waals surface area contributed by atoms with Crippen LogP contribution >= 0.6 is 12.4 Å². The summed E-state index contributed by atoms with van der Waals surface area (Å²) in [4.78, 5) is 14.4. The predicted octanol–water partition coefficient (Wildman–Crippen LogP) is 2.13. The highest BCUT2D eigenvalue weighted by Gasteiger charge is 2.39. The topological polar surface area (TPSA) is 116 Å². The lowest BCUT2D eigenvalue weighted by Gasteiger charge is -2.34. The quantitative estimate of drug-likeness (QED) is 0.494. The number of amides is 1. The number of alkyl halides is 3. The Kier molecular flexibility index (Phi) is 10.0. The molecule has 0 bridgehead atoms. The van der Waals surface area contributed by atoms with Crippen LogP contribution in [0.2, 0.25) is 0 Å². The average Bonchev–Trinajstić information content (AvgIpc) is 2.89. The van der Waals surface area contributed by atoms with Crippen molar-refractivity contribution in [3.05, 3.63) is 54.1 Å². The second kappa shape index (κ2) is 12.5. The predicted molar refractivity (Wildman–Crippen MR) is 140 cm³/mol. The summed E-state index contributed by atoms with van der Waals surface area (Å²) in [7, 11) is -9.01. The van der Waals surface area contributed by atoms with E-state index in [4.69, 9.17) is 0 Å². The maximum absolute atomic E-state index is 13.7. The molecule has 2 heterocycles. The number of benzene rings is 2. The van der Waals surface area contributed by atoms with E-state index < -0.39 is 47.4 Å². The fourth-order valence-electron chi connectivity index (χ4n) is 4.55. The highest BCUT2D eigenvalue weighted by molar-refractivity contribution is 7.91. The minimum absolute atomic E-state index is 0. The lowest BCUT2D eigenvalue weighted by molar-refractivity contribution is -0.140. The molecular weight excluding hydrogens is 581 g/mol. The third-order valence-corrected chi connectivity index (χ3v) is 9.98. The number of likely N-dealkylation sites (tertiary alicyclic amines) is 1. The number of halogens is 4. The zero-order valence-corrected chi connectivity index (χ0v) is 23.3. The van der Waals surface area contributed by atoms with Crippen LogP contribution in [0.25, 0.3) is 0 Å². The van der Waals surface area contributed by atoms with E-state index in [1.165, 1.54) is 24.3 Å². The van der Waals surface area contributed by atoms with Crippen LogP contribution in [0.1, 0.15) is 18.4 Å². The Morgan fingerprint density at radius 2 is 1.54 bits per heavy atom. The van der Waals surface area contributed by atoms with E-state index >= 15 is 0 Å². The molecule has 216 valence electrons. The summed E-state index contributed by atoms with van der Waals surface area (Å²) in [6, 6.07) is 8.11. The van der Waals surface area contributed by atoms with Gasteiger partial charge in [-0.3, -0.25) is 9.69 Å². The van der Waals surface area contributed by atoms with Crippen LogP contribution in [0.4, 0.5) is 13.2 Å². The van der Waals surface area contributed by atoms with Crippen molar-refractivity contribution in [3.63, 3.8) is 0 Å². The Morgan fingerprint density at radius 3 is 2.13 bits per heavy atom. The van der Waals surface area contributed by atoms with Crippen molar-refractivity contribution in [2.75, 3.05) is 45.8 Å². The first-order valence-corrected chi connectivity index (χ1v) is 15.1. The fraction of sp³-hybridized carbons (Fsp3) is 0.458. The Morgan fingerprint density at radius 1 is 0.923 bits per heavy atom. The first-order chi connectivity index (χ1) is 17.9. The number of carbonyl (C=O) groups is 1. The second-order valence-corrected chi connectivity index (χ2v) is 12.9. The van der Waals surface area contributed by atoms with Crippen LogP contribution in [0.3, 0.4) is 0 Å². The molecule has 0 aromatic heterocycles. The van der Waals surface area contributed by atoms with Crippen molar-refractivity contribution in [1.82, 2.24) is 19.8 Å². The largest absolute Gasteiger partial charge is 0.417 e. The monoisotopic (exact) mass is 610 g/mol. The molecule has 2 aliphatic rings. The van der Waals surface area contributed by atoms with E-state index in [2.05, 4.69) is 10.0 Å². The minimum Gasteiger partial charge on any atom is -0.341 e. The van der Waals surface area contributed by atoms with Gasteiger partial charge in [-0.1, -0.05) is 18.2 Å². The smallest absolute Gasteiger partial charge is 0.341 e. The van der Waals surface area contributed by atoms with Crippen molar-refractivity contribution in [2.45, 2.75) is 39.7 Å². The van der Waals surface area contributed by atoms with Crippen molar-refractivity contribution in [1.29, 1.82) is 0 Å². The Hall–Kier alpha value is -2.23. The molecule has 39 heavy (non-hydrogen) atoms. The summed E-state index contributed by atoms with van der Waals surface area (Å²) < 4.78 is 95.8. The van der Waals surface area contributed by atoms with E-state index in [0.29, 0.717) is 12.1 Å². The number of hydrogen-bond acceptors (Lipinski definition) is 7. The first-order valence-electron chi connectivity index (χ1n) is 12.1. The molecule has 4 rings (SSSR count). The zero-order chi connectivity index (χ0) is 27.6. The molecule has 2 N–H and O–H groups in total. The van der Waals surface area contributed by atoms with Gasteiger partial charge in [0.05, 0.1) is 26.8 Å². The molecule has 0 atom stereocenters. The summed E-state index contributed by atoms with van der Waals surface area (Å²) in [5.41, 5.74) is -1.46. The van der Waals surface area contributed by atoms with Crippen LogP contribution in [-0.4, -0.2) is 84.4 Å². The normalized spacial score (nSPS) is 18.0. The van der Waals surface area contributed by atoms with Crippen LogP contribution in [0.5, 0.6) is 0 Å². The molecule has 0 radical (unpaired) electrons. The highest BCUT2D eigenvalue weighted by atomic mass is 35.5. The highest BCUT2D eigenvalue weighted by Crippen LogP contribution is 2.36. The fourth-order valence-corrected chi connectivity index (χ4v) is 7.49. The Bertz CT molecular complexity index is 1360. The van der Waals surface area contributed by atoms with E-state index in [9.17, 15) is 34.8 Å². The van der Waals surface area contributed by atoms with Crippen LogP contribution < -0.4 is 10.0 Å². The number of nitrogens with zero attached hydrogens (tertiary/aromatic N) is 2. The minimum atomic E-state index is -5.03. The standard InChI is InChI=1S/C24H29F3N4O5S2.ClH/c25-24(26,27)21-7-6-20(37(33,34)19-4-2-1-3-5-19)16-22(21)38(35,36)29-18-8-12-31(13-9-18)23(32)17-30-14-10-28-11-15-30;/h1-7,16,18,28-29H,8-15,17H2;1H. The lowest BCUT2D eigenvalue weighted by Crippen LogP contribution is -2.51. The number of piperazine rings is 1. The number of hydrogen-bond donors (Lipinski definition) is 2. The number of sulfone groups is 1. The summed E-state index contributed by atoms with van der Waals surface area (Å²) in [6.07, 6.45) is -4.59. The third-order valence-electron chi connectivity index (χ3n) is 6.65. The van der Waals surface area contributed by atoms with Gasteiger partial charge in [-0.15, -0.1) is 12.4 Å².